The van der Waals surface area contributed by atoms with Crippen molar-refractivity contribution in [3.05, 3.63) is 70.3 Å². The second-order valence-electron chi connectivity index (χ2n) is 11.4. The number of benzene rings is 2. The van der Waals surface area contributed by atoms with Crippen molar-refractivity contribution in [2.45, 2.75) is 67.2 Å². The number of rotatable bonds is 6. The van der Waals surface area contributed by atoms with Crippen molar-refractivity contribution in [2.24, 2.45) is 0 Å². The van der Waals surface area contributed by atoms with Gasteiger partial charge in [0.05, 0.1) is 29.2 Å². The second-order valence-corrected chi connectivity index (χ2v) is 12.8. The average Bonchev–Trinajstić information content (AvgIpc) is 3.13. The van der Waals surface area contributed by atoms with Gasteiger partial charge >= 0.3 is 7.82 Å². The van der Waals surface area contributed by atoms with E-state index in [0.717, 1.165) is 29.5 Å². The van der Waals surface area contributed by atoms with Gasteiger partial charge in [-0.3, -0.25) is 19.1 Å². The maximum atomic E-state index is 13.0. The highest BCUT2D eigenvalue weighted by Gasteiger charge is 2.91. The lowest BCUT2D eigenvalue weighted by molar-refractivity contribution is -0.148. The molecule has 4 aliphatic carbocycles. The topological polar surface area (TPSA) is 105 Å². The number of carbonyl (C=O) groups is 1. The van der Waals surface area contributed by atoms with E-state index in [1.807, 2.05) is 25.2 Å². The van der Waals surface area contributed by atoms with E-state index >= 15 is 0 Å². The molecule has 2 saturated carbocycles. The molecule has 2 bridgehead atoms. The summed E-state index contributed by atoms with van der Waals surface area (Å²) in [6.07, 6.45) is 4.80. The summed E-state index contributed by atoms with van der Waals surface area (Å²) in [5.41, 5.74) is 3.35. The molecule has 2 aromatic rings. The molecule has 2 heterocycles. The van der Waals surface area contributed by atoms with Crippen LogP contribution in [-0.2, 0) is 37.7 Å². The molecule has 2 aromatic carbocycles. The highest BCUT2D eigenvalue weighted by molar-refractivity contribution is 7.47. The number of nitrogens with zero attached hydrogens (tertiary/aromatic N) is 1. The summed E-state index contributed by atoms with van der Waals surface area (Å²) in [5, 5.41) is 11.9. The molecular weight excluding hydrogens is 493 g/mol. The normalized spacial score (nSPS) is 38.7. The van der Waals surface area contributed by atoms with E-state index in [2.05, 4.69) is 23.1 Å². The zero-order chi connectivity index (χ0) is 25.4. The van der Waals surface area contributed by atoms with Crippen molar-refractivity contribution in [1.82, 2.24) is 4.90 Å². The van der Waals surface area contributed by atoms with Gasteiger partial charge in [0.25, 0.3) is 0 Å². The van der Waals surface area contributed by atoms with Crippen LogP contribution in [0, 0.1) is 0 Å². The quantitative estimate of drug-likeness (QED) is 0.339. The number of likely N-dealkylation sites (tertiary alicyclic amines) is 1. The first-order chi connectivity index (χ1) is 17.7. The molecule has 2 aliphatic heterocycles. The van der Waals surface area contributed by atoms with Crippen molar-refractivity contribution in [3.8, 4) is 11.5 Å². The standard InChI is InChI=1S/C28H28NO7P/c1-29-25-27(29)15-26-22-19(27)8-9-21(23(22)35-24(26)20(30)10-12-28(25,26)31)36-37(32,33)34-13-11-16-6-7-17-4-2-3-5-18(17)14-16/h2-6,8-9,24-25,31H,7,10-15H2,1H3,(H,32,33). The van der Waals surface area contributed by atoms with Gasteiger partial charge in [-0.1, -0.05) is 42.0 Å². The number of Topliss-reactive ketones (excluding diaryl/α,β-unsaturated/α-hetero) is 1. The van der Waals surface area contributed by atoms with Crippen LogP contribution in [0.4, 0.5) is 0 Å². The molecule has 8 nitrogen and oxygen atoms in total. The number of fused-ring (bicyclic) bond motifs is 2. The third kappa shape index (κ3) is 2.58. The molecule has 3 fully saturated rings. The lowest BCUT2D eigenvalue weighted by Crippen LogP contribution is -2.64. The lowest BCUT2D eigenvalue weighted by atomic mass is 9.59. The molecule has 0 amide bonds. The van der Waals surface area contributed by atoms with Gasteiger partial charge in [0, 0.05) is 12.0 Å². The van der Waals surface area contributed by atoms with Crippen molar-refractivity contribution in [2.75, 3.05) is 13.7 Å². The number of phosphoric acid groups is 1. The Kier molecular flexibility index (Phi) is 4.21. The summed E-state index contributed by atoms with van der Waals surface area (Å²) >= 11 is 0. The first-order valence-corrected chi connectivity index (χ1v) is 14.5. The van der Waals surface area contributed by atoms with E-state index in [1.165, 1.54) is 11.1 Å². The van der Waals surface area contributed by atoms with E-state index in [-0.39, 0.29) is 36.1 Å². The molecular formula is C28H28NO7P. The Labute approximate surface area is 214 Å². The Balaban J connectivity index is 1.05. The summed E-state index contributed by atoms with van der Waals surface area (Å²) in [6.45, 7) is 0.0449. The number of likely N-dealkylation sites (N-methyl/N-ethyl adjacent to an activating group) is 1. The van der Waals surface area contributed by atoms with E-state index in [4.69, 9.17) is 13.8 Å². The van der Waals surface area contributed by atoms with Gasteiger partial charge in [-0.05, 0) is 61.9 Å². The summed E-state index contributed by atoms with van der Waals surface area (Å²) < 4.78 is 30.0. The maximum Gasteiger partial charge on any atom is 0.527 e. The minimum Gasteiger partial charge on any atom is -0.477 e. The molecule has 2 N–H and O–H groups in total. The van der Waals surface area contributed by atoms with Crippen molar-refractivity contribution in [1.29, 1.82) is 0 Å². The van der Waals surface area contributed by atoms with Gasteiger partial charge in [-0.25, -0.2) is 4.57 Å². The number of carbonyl (C=O) groups excluding carboxylic acids is 1. The van der Waals surface area contributed by atoms with E-state index < -0.39 is 24.9 Å². The number of ether oxygens (including phenoxy) is 1. The molecule has 7 atom stereocenters. The molecule has 37 heavy (non-hydrogen) atoms. The van der Waals surface area contributed by atoms with Gasteiger partial charge in [0.2, 0.25) is 0 Å². The Hall–Kier alpha value is -2.48. The smallest absolute Gasteiger partial charge is 0.477 e. The number of hydrogen-bond acceptors (Lipinski definition) is 7. The van der Waals surface area contributed by atoms with Crippen LogP contribution in [-0.4, -0.2) is 52.1 Å². The van der Waals surface area contributed by atoms with E-state index in [1.54, 1.807) is 6.07 Å². The Bertz CT molecular complexity index is 1490. The predicted octanol–water partition coefficient (Wildman–Crippen LogP) is 3.32. The third-order valence-electron chi connectivity index (χ3n) is 9.97. The van der Waals surface area contributed by atoms with Crippen LogP contribution in [0.1, 0.15) is 47.9 Å². The SMILES string of the molecule is CN1C2C13CC14c5c3ccc(OP(=O)(O)OCCC3=CCc6ccccc6C3)c5OC1C(=O)CCC24O. The summed E-state index contributed by atoms with van der Waals surface area (Å²) in [5.74, 6) is 0.346. The predicted molar refractivity (Wildman–Crippen MR) is 133 cm³/mol. The number of aliphatic hydroxyl groups is 1. The van der Waals surface area contributed by atoms with E-state index in [0.29, 0.717) is 25.0 Å². The van der Waals surface area contributed by atoms with Gasteiger partial charge in [-0.15, -0.1) is 0 Å². The van der Waals surface area contributed by atoms with Crippen molar-refractivity contribution >= 4 is 13.6 Å². The summed E-state index contributed by atoms with van der Waals surface area (Å²) in [7, 11) is -2.45. The van der Waals surface area contributed by atoms with Crippen molar-refractivity contribution in [3.63, 3.8) is 0 Å². The average molecular weight is 522 g/mol. The van der Waals surface area contributed by atoms with Crippen LogP contribution >= 0.6 is 7.82 Å². The Morgan fingerprint density at radius 3 is 2.86 bits per heavy atom. The van der Waals surface area contributed by atoms with Gasteiger partial charge in [0.15, 0.2) is 23.4 Å². The molecule has 2 spiro atoms. The van der Waals surface area contributed by atoms with Crippen LogP contribution in [0.15, 0.2) is 48.0 Å². The lowest BCUT2D eigenvalue weighted by Gasteiger charge is -2.47. The zero-order valence-electron chi connectivity index (χ0n) is 20.5. The fraction of sp³-hybridized carbons (Fsp3) is 0.464. The number of piperidine rings is 1. The van der Waals surface area contributed by atoms with Crippen LogP contribution < -0.4 is 9.26 Å². The van der Waals surface area contributed by atoms with Crippen LogP contribution in [0.25, 0.3) is 0 Å². The first kappa shape index (κ1) is 22.5. The molecule has 7 unspecified atom stereocenters. The number of hydrogen-bond donors (Lipinski definition) is 2. The van der Waals surface area contributed by atoms with E-state index in [9.17, 15) is 19.4 Å². The fourth-order valence-electron chi connectivity index (χ4n) is 8.47. The molecule has 192 valence electrons. The molecule has 6 aliphatic rings. The third-order valence-corrected chi connectivity index (χ3v) is 10.9. The number of phosphoric ester groups is 1. The maximum absolute atomic E-state index is 13.0. The second kappa shape index (κ2) is 6.93. The fourth-order valence-corrected chi connectivity index (χ4v) is 9.24. The Morgan fingerprint density at radius 1 is 1.22 bits per heavy atom. The number of ketones is 1. The highest BCUT2D eigenvalue weighted by atomic mass is 31.2. The van der Waals surface area contributed by atoms with Gasteiger partial charge in [0.1, 0.15) is 0 Å². The van der Waals surface area contributed by atoms with Crippen LogP contribution in [0.2, 0.25) is 0 Å². The minimum atomic E-state index is -4.46. The first-order valence-electron chi connectivity index (χ1n) is 13.0. The van der Waals surface area contributed by atoms with Crippen LogP contribution in [0.3, 0.4) is 0 Å². The monoisotopic (exact) mass is 521 g/mol. The molecule has 8 rings (SSSR count). The van der Waals surface area contributed by atoms with Crippen LogP contribution in [0.5, 0.6) is 11.5 Å². The summed E-state index contributed by atoms with van der Waals surface area (Å²) in [4.78, 5) is 25.7. The van der Waals surface area contributed by atoms with Gasteiger partial charge in [-0.2, -0.15) is 0 Å². The largest absolute Gasteiger partial charge is 0.527 e. The number of allylic oxidation sites excluding steroid dienone is 1. The Morgan fingerprint density at radius 2 is 2.03 bits per heavy atom. The molecule has 0 aromatic heterocycles. The molecule has 9 heteroatoms. The highest BCUT2D eigenvalue weighted by Crippen LogP contribution is 2.81. The van der Waals surface area contributed by atoms with Gasteiger partial charge < -0.3 is 14.4 Å². The van der Waals surface area contributed by atoms with Crippen molar-refractivity contribution < 1.29 is 33.1 Å². The molecule has 1 saturated heterocycles. The molecule has 0 radical (unpaired) electrons. The minimum absolute atomic E-state index is 0.0375. The summed E-state index contributed by atoms with van der Waals surface area (Å²) in [6, 6.07) is 11.8. The zero-order valence-corrected chi connectivity index (χ0v) is 21.4.